The van der Waals surface area contributed by atoms with Crippen molar-refractivity contribution in [1.82, 2.24) is 34.6 Å². The van der Waals surface area contributed by atoms with E-state index in [0.717, 1.165) is 41.1 Å². The predicted molar refractivity (Wildman–Crippen MR) is 142 cm³/mol. The Kier molecular flexibility index (Phi) is 7.29. The first-order valence-corrected chi connectivity index (χ1v) is 12.6. The van der Waals surface area contributed by atoms with Gasteiger partial charge in [0, 0.05) is 49.2 Å². The molecule has 0 aromatic carbocycles. The average Bonchev–Trinajstić information content (AvgIpc) is 3.49. The number of likely N-dealkylation sites (tertiary alicyclic amines) is 1. The van der Waals surface area contributed by atoms with Crippen LogP contribution in [0.25, 0.3) is 22.3 Å². The Bertz CT molecular complexity index is 1370. The molecule has 4 aromatic rings. The maximum atomic E-state index is 8.36. The normalized spacial score (nSPS) is 17.1. The van der Waals surface area contributed by atoms with Gasteiger partial charge in [-0.05, 0) is 56.5 Å². The molecule has 0 saturated carbocycles. The molecule has 0 radical (unpaired) electrons. The number of pyridine rings is 2. The Labute approximate surface area is 220 Å². The van der Waals surface area contributed by atoms with E-state index >= 15 is 0 Å². The lowest BCUT2D eigenvalue weighted by atomic mass is 9.78. The van der Waals surface area contributed by atoms with Gasteiger partial charge in [-0.15, -0.1) is 0 Å². The SMILES string of the molecule is CN1CCC2(CCN(c3nc(-c4ccncc4)nc4cnc(Cn5cc(Cl)cn5)cc34)CC2)C1.O=CO. The van der Waals surface area contributed by atoms with Crippen molar-refractivity contribution in [3.05, 3.63) is 59.9 Å². The highest BCUT2D eigenvalue weighted by molar-refractivity contribution is 6.30. The highest BCUT2D eigenvalue weighted by Gasteiger charge is 2.39. The van der Waals surface area contributed by atoms with Crippen molar-refractivity contribution < 1.29 is 9.90 Å². The van der Waals surface area contributed by atoms with E-state index in [-0.39, 0.29) is 6.47 Å². The highest BCUT2D eigenvalue weighted by Crippen LogP contribution is 2.41. The Morgan fingerprint density at radius 3 is 2.49 bits per heavy atom. The minimum Gasteiger partial charge on any atom is -0.483 e. The van der Waals surface area contributed by atoms with E-state index < -0.39 is 0 Å². The van der Waals surface area contributed by atoms with Gasteiger partial charge in [0.1, 0.15) is 5.82 Å². The average molecular weight is 521 g/mol. The van der Waals surface area contributed by atoms with Crippen molar-refractivity contribution in [2.24, 2.45) is 5.41 Å². The van der Waals surface area contributed by atoms with Crippen molar-refractivity contribution in [1.29, 1.82) is 0 Å². The summed E-state index contributed by atoms with van der Waals surface area (Å²) in [6, 6.07) is 6.01. The maximum Gasteiger partial charge on any atom is 0.290 e. The number of hydrogen-bond acceptors (Lipinski definition) is 8. The predicted octanol–water partition coefficient (Wildman–Crippen LogP) is 3.61. The van der Waals surface area contributed by atoms with Crippen LogP contribution in [0.5, 0.6) is 0 Å². The lowest BCUT2D eigenvalue weighted by Crippen LogP contribution is -2.41. The van der Waals surface area contributed by atoms with Crippen molar-refractivity contribution >= 4 is 34.8 Å². The number of nitrogens with zero attached hydrogens (tertiary/aromatic N) is 8. The van der Waals surface area contributed by atoms with Gasteiger partial charge >= 0.3 is 0 Å². The standard InChI is InChI=1S/C25H27ClN8.CH2O2/c1-32-9-4-25(17-32)5-10-33(11-6-25)24-21-12-20(16-34-15-19(26)13-29-34)28-14-22(21)30-23(31-24)18-2-7-27-8-3-18;2-1-3/h2-3,7-8,12-15H,4-6,9-11,16-17H2,1H3;1H,(H,2,3). The Balaban J connectivity index is 0.000000892. The fourth-order valence-electron chi connectivity index (χ4n) is 5.37. The molecule has 1 spiro atoms. The molecule has 2 fully saturated rings. The van der Waals surface area contributed by atoms with Crippen LogP contribution in [0.2, 0.25) is 5.02 Å². The second-order valence-electron chi connectivity index (χ2n) is 9.74. The summed E-state index contributed by atoms with van der Waals surface area (Å²) in [4.78, 5) is 32.0. The molecule has 6 heterocycles. The maximum absolute atomic E-state index is 8.36. The third kappa shape index (κ3) is 5.55. The number of carbonyl (C=O) groups is 1. The quantitative estimate of drug-likeness (QED) is 0.403. The summed E-state index contributed by atoms with van der Waals surface area (Å²) in [5.74, 6) is 1.69. The molecule has 4 aromatic heterocycles. The summed E-state index contributed by atoms with van der Waals surface area (Å²) in [7, 11) is 2.24. The van der Waals surface area contributed by atoms with Crippen LogP contribution in [0, 0.1) is 5.41 Å². The molecule has 11 heteroatoms. The summed E-state index contributed by atoms with van der Waals surface area (Å²) in [6.45, 7) is 4.71. The Morgan fingerprint density at radius 2 is 1.84 bits per heavy atom. The number of carboxylic acid groups (broad SMARTS) is 1. The fourth-order valence-corrected chi connectivity index (χ4v) is 5.52. The molecular formula is C26H29ClN8O2. The Morgan fingerprint density at radius 1 is 1.11 bits per heavy atom. The number of rotatable bonds is 4. The van der Waals surface area contributed by atoms with Gasteiger partial charge in [0.25, 0.3) is 6.47 Å². The van der Waals surface area contributed by atoms with E-state index in [1.54, 1.807) is 29.5 Å². The van der Waals surface area contributed by atoms with Crippen molar-refractivity contribution in [2.75, 3.05) is 38.1 Å². The number of fused-ring (bicyclic) bond motifs is 1. The van der Waals surface area contributed by atoms with Crippen LogP contribution in [-0.4, -0.2) is 79.4 Å². The van der Waals surface area contributed by atoms with E-state index in [9.17, 15) is 0 Å². The molecule has 10 nitrogen and oxygen atoms in total. The van der Waals surface area contributed by atoms with Crippen LogP contribution >= 0.6 is 11.6 Å². The first kappa shape index (κ1) is 25.0. The molecule has 0 aliphatic carbocycles. The minimum absolute atomic E-state index is 0.250. The first-order chi connectivity index (χ1) is 18.0. The summed E-state index contributed by atoms with van der Waals surface area (Å²) >= 11 is 6.05. The highest BCUT2D eigenvalue weighted by atomic mass is 35.5. The Hall–Kier alpha value is -3.63. The van der Waals surface area contributed by atoms with Gasteiger partial charge in [-0.25, -0.2) is 9.97 Å². The van der Waals surface area contributed by atoms with Crippen molar-refractivity contribution in [3.8, 4) is 11.4 Å². The van der Waals surface area contributed by atoms with Crippen LogP contribution in [0.1, 0.15) is 25.0 Å². The van der Waals surface area contributed by atoms with Crippen LogP contribution in [0.15, 0.2) is 49.2 Å². The molecule has 2 aliphatic rings. The molecule has 2 aliphatic heterocycles. The number of halogens is 1. The third-order valence-electron chi connectivity index (χ3n) is 7.24. The van der Waals surface area contributed by atoms with Gasteiger partial charge in [-0.1, -0.05) is 11.6 Å². The molecule has 2 saturated heterocycles. The summed E-state index contributed by atoms with van der Waals surface area (Å²) in [5, 5.41) is 12.8. The lowest BCUT2D eigenvalue weighted by Gasteiger charge is -2.40. The lowest BCUT2D eigenvalue weighted by molar-refractivity contribution is -0.122. The zero-order valence-corrected chi connectivity index (χ0v) is 21.4. The summed E-state index contributed by atoms with van der Waals surface area (Å²) in [6.07, 6.45) is 12.5. The van der Waals surface area contributed by atoms with E-state index in [2.05, 4.69) is 38.0 Å². The molecule has 1 N–H and O–H groups in total. The smallest absolute Gasteiger partial charge is 0.290 e. The molecule has 192 valence electrons. The molecule has 0 unspecified atom stereocenters. The zero-order chi connectivity index (χ0) is 25.8. The number of piperidine rings is 1. The summed E-state index contributed by atoms with van der Waals surface area (Å²) < 4.78 is 1.80. The van der Waals surface area contributed by atoms with Gasteiger partial charge < -0.3 is 14.9 Å². The van der Waals surface area contributed by atoms with Gasteiger partial charge in [-0.2, -0.15) is 5.10 Å². The molecular weight excluding hydrogens is 492 g/mol. The number of aromatic nitrogens is 6. The van der Waals surface area contributed by atoms with Gasteiger partial charge in [0.15, 0.2) is 5.82 Å². The largest absolute Gasteiger partial charge is 0.483 e. The zero-order valence-electron chi connectivity index (χ0n) is 20.7. The van der Waals surface area contributed by atoms with E-state index in [4.69, 9.17) is 31.5 Å². The van der Waals surface area contributed by atoms with E-state index in [1.807, 2.05) is 18.3 Å². The van der Waals surface area contributed by atoms with Crippen LogP contribution < -0.4 is 4.90 Å². The minimum atomic E-state index is -0.250. The van der Waals surface area contributed by atoms with Gasteiger partial charge in [0.2, 0.25) is 0 Å². The second kappa shape index (κ2) is 10.8. The number of anilines is 1. The third-order valence-corrected chi connectivity index (χ3v) is 7.43. The van der Waals surface area contributed by atoms with Gasteiger partial charge in [0.05, 0.1) is 35.2 Å². The molecule has 6 rings (SSSR count). The fraction of sp³-hybridized carbons (Fsp3) is 0.385. The monoisotopic (exact) mass is 520 g/mol. The van der Waals surface area contributed by atoms with E-state index in [1.165, 1.54) is 32.4 Å². The van der Waals surface area contributed by atoms with Crippen molar-refractivity contribution in [2.45, 2.75) is 25.8 Å². The van der Waals surface area contributed by atoms with Crippen LogP contribution in [0.3, 0.4) is 0 Å². The van der Waals surface area contributed by atoms with Gasteiger partial charge in [-0.3, -0.25) is 19.4 Å². The van der Waals surface area contributed by atoms with E-state index in [0.29, 0.717) is 22.8 Å². The first-order valence-electron chi connectivity index (χ1n) is 12.2. The molecule has 0 bridgehead atoms. The number of hydrogen-bond donors (Lipinski definition) is 1. The molecule has 37 heavy (non-hydrogen) atoms. The van der Waals surface area contributed by atoms with Crippen molar-refractivity contribution in [3.63, 3.8) is 0 Å². The second-order valence-corrected chi connectivity index (χ2v) is 10.2. The van der Waals surface area contributed by atoms with Crippen LogP contribution in [0.4, 0.5) is 5.82 Å². The molecule has 0 amide bonds. The topological polar surface area (TPSA) is 113 Å². The summed E-state index contributed by atoms with van der Waals surface area (Å²) in [5.41, 5.74) is 3.16. The molecule has 0 atom stereocenters. The van der Waals surface area contributed by atoms with Crippen LogP contribution in [-0.2, 0) is 11.3 Å².